The molecular weight excluding hydrogens is 375 g/mol. The fourth-order valence-corrected chi connectivity index (χ4v) is 3.72. The first kappa shape index (κ1) is 20.7. The van der Waals surface area contributed by atoms with Gasteiger partial charge in [-0.2, -0.15) is 5.10 Å². The van der Waals surface area contributed by atoms with Gasteiger partial charge in [-0.1, -0.05) is 18.2 Å². The molecule has 1 aromatic heterocycles. The van der Waals surface area contributed by atoms with Crippen LogP contribution in [0.3, 0.4) is 0 Å². The summed E-state index contributed by atoms with van der Waals surface area (Å²) in [7, 11) is 3.82. The van der Waals surface area contributed by atoms with E-state index in [1.165, 1.54) is 17.0 Å². The lowest BCUT2D eigenvalue weighted by molar-refractivity contribution is -0.140. The Morgan fingerprint density at radius 3 is 2.55 bits per heavy atom. The lowest BCUT2D eigenvalue weighted by Crippen LogP contribution is -2.32. The predicted molar refractivity (Wildman–Crippen MR) is 107 cm³/mol. The highest BCUT2D eigenvalue weighted by atomic mass is 19.1. The van der Waals surface area contributed by atoms with Crippen molar-refractivity contribution in [2.45, 2.75) is 26.3 Å². The molecule has 7 nitrogen and oxygen atoms in total. The molecule has 29 heavy (non-hydrogen) atoms. The number of aromatic nitrogens is 2. The van der Waals surface area contributed by atoms with Crippen LogP contribution in [-0.2, 0) is 9.59 Å². The molecule has 0 aliphatic carbocycles. The Bertz CT molecular complexity index is 961. The van der Waals surface area contributed by atoms with Gasteiger partial charge in [-0.15, -0.1) is 0 Å². The molecule has 2 heterocycles. The number of carbonyl (C=O) groups excluding carboxylic acids is 2. The van der Waals surface area contributed by atoms with Gasteiger partial charge < -0.3 is 14.9 Å². The summed E-state index contributed by atoms with van der Waals surface area (Å²) < 4.78 is 14.7. The third kappa shape index (κ3) is 3.80. The molecule has 0 bridgehead atoms. The lowest BCUT2D eigenvalue weighted by Gasteiger charge is -2.26. The molecule has 1 saturated heterocycles. The van der Waals surface area contributed by atoms with Crippen LogP contribution >= 0.6 is 0 Å². The Hall–Kier alpha value is -3.00. The van der Waals surface area contributed by atoms with Crippen LogP contribution in [0.5, 0.6) is 0 Å². The topological polar surface area (TPSA) is 89.5 Å². The molecule has 0 radical (unpaired) electrons. The highest BCUT2D eigenvalue weighted by Gasteiger charge is 2.47. The van der Waals surface area contributed by atoms with Crippen LogP contribution in [0, 0.1) is 19.7 Å². The molecule has 0 unspecified atom stereocenters. The largest absolute Gasteiger partial charge is 0.507 e. The van der Waals surface area contributed by atoms with Crippen LogP contribution in [0.15, 0.2) is 29.8 Å². The minimum absolute atomic E-state index is 0.113. The van der Waals surface area contributed by atoms with E-state index in [9.17, 15) is 19.1 Å². The monoisotopic (exact) mass is 400 g/mol. The quantitative estimate of drug-likeness (QED) is 0.442. The van der Waals surface area contributed by atoms with Crippen molar-refractivity contribution in [3.63, 3.8) is 0 Å². The molecule has 1 atom stereocenters. The van der Waals surface area contributed by atoms with E-state index in [0.29, 0.717) is 29.9 Å². The van der Waals surface area contributed by atoms with Crippen molar-refractivity contribution >= 4 is 17.4 Å². The number of aromatic amines is 1. The Kier molecular flexibility index (Phi) is 5.83. The number of likely N-dealkylation sites (tertiary alicyclic amines) is 1. The van der Waals surface area contributed by atoms with Gasteiger partial charge in [0.25, 0.3) is 11.7 Å². The maximum Gasteiger partial charge on any atom is 0.295 e. The third-order valence-corrected chi connectivity index (χ3v) is 5.11. The second kappa shape index (κ2) is 8.16. The van der Waals surface area contributed by atoms with Crippen molar-refractivity contribution in [3.8, 4) is 0 Å². The number of Topliss-reactive ketones (excluding diaryl/α,β-unsaturated/α-hetero) is 1. The number of benzene rings is 1. The summed E-state index contributed by atoms with van der Waals surface area (Å²) in [5.74, 6) is -2.43. The van der Waals surface area contributed by atoms with Gasteiger partial charge in [0.2, 0.25) is 0 Å². The van der Waals surface area contributed by atoms with Gasteiger partial charge >= 0.3 is 0 Å². The summed E-state index contributed by atoms with van der Waals surface area (Å²) in [5.41, 5.74) is 1.48. The van der Waals surface area contributed by atoms with Crippen molar-refractivity contribution in [1.29, 1.82) is 0 Å². The number of nitrogens with one attached hydrogen (secondary N) is 1. The fourth-order valence-electron chi connectivity index (χ4n) is 3.72. The maximum absolute atomic E-state index is 14.7. The Balaban J connectivity index is 2.15. The molecule has 3 rings (SSSR count). The molecule has 0 saturated carbocycles. The second-order valence-electron chi connectivity index (χ2n) is 7.48. The van der Waals surface area contributed by atoms with Crippen molar-refractivity contribution < 1.29 is 19.1 Å². The van der Waals surface area contributed by atoms with Gasteiger partial charge in [-0.05, 0) is 47.0 Å². The number of ketones is 1. The zero-order valence-electron chi connectivity index (χ0n) is 17.0. The summed E-state index contributed by atoms with van der Waals surface area (Å²) >= 11 is 0. The van der Waals surface area contributed by atoms with Crippen LogP contribution in [-0.4, -0.2) is 64.0 Å². The van der Waals surface area contributed by atoms with E-state index in [0.717, 1.165) is 0 Å². The summed E-state index contributed by atoms with van der Waals surface area (Å²) in [6.07, 6.45) is 0.606. The van der Waals surface area contributed by atoms with Gasteiger partial charge in [0.15, 0.2) is 0 Å². The zero-order valence-corrected chi connectivity index (χ0v) is 17.0. The van der Waals surface area contributed by atoms with Crippen LogP contribution in [0.2, 0.25) is 0 Å². The summed E-state index contributed by atoms with van der Waals surface area (Å²) in [6.45, 7) is 4.36. The summed E-state index contributed by atoms with van der Waals surface area (Å²) in [6, 6.07) is 5.01. The summed E-state index contributed by atoms with van der Waals surface area (Å²) in [4.78, 5) is 29.0. The predicted octanol–water partition coefficient (Wildman–Crippen LogP) is 2.54. The Morgan fingerprint density at radius 1 is 1.28 bits per heavy atom. The van der Waals surface area contributed by atoms with Crippen LogP contribution in [0.1, 0.15) is 35.0 Å². The normalized spacial score (nSPS) is 18.8. The molecule has 2 aromatic rings. The molecular formula is C21H25FN4O3. The SMILES string of the molecule is Cc1n[nH]c(C)c1/C(O)=C1\C(=O)C(=O)N(CCCN(C)C)[C@H]1c1ccccc1F. The smallest absolute Gasteiger partial charge is 0.295 e. The number of aliphatic hydroxyl groups is 1. The first-order valence-electron chi connectivity index (χ1n) is 9.43. The van der Waals surface area contributed by atoms with E-state index in [1.807, 2.05) is 19.0 Å². The minimum atomic E-state index is -0.993. The molecule has 8 heteroatoms. The van der Waals surface area contributed by atoms with E-state index in [-0.39, 0.29) is 23.4 Å². The van der Waals surface area contributed by atoms with E-state index in [2.05, 4.69) is 10.2 Å². The first-order valence-corrected chi connectivity index (χ1v) is 9.43. The third-order valence-electron chi connectivity index (χ3n) is 5.11. The van der Waals surface area contributed by atoms with Gasteiger partial charge in [0, 0.05) is 17.8 Å². The molecule has 1 aliphatic heterocycles. The Labute approximate surface area is 168 Å². The number of hydrogen-bond donors (Lipinski definition) is 2. The van der Waals surface area contributed by atoms with Gasteiger partial charge in [-0.25, -0.2) is 4.39 Å². The second-order valence-corrected chi connectivity index (χ2v) is 7.48. The number of carbonyl (C=O) groups is 2. The highest BCUT2D eigenvalue weighted by molar-refractivity contribution is 6.46. The average molecular weight is 400 g/mol. The minimum Gasteiger partial charge on any atom is -0.507 e. The van der Waals surface area contributed by atoms with E-state index in [4.69, 9.17) is 0 Å². The fraction of sp³-hybridized carbons (Fsp3) is 0.381. The van der Waals surface area contributed by atoms with Gasteiger partial charge in [0.1, 0.15) is 11.6 Å². The zero-order chi connectivity index (χ0) is 21.3. The average Bonchev–Trinajstić information content (AvgIpc) is 3.12. The van der Waals surface area contributed by atoms with E-state index >= 15 is 0 Å². The number of H-pyrrole nitrogens is 1. The summed E-state index contributed by atoms with van der Waals surface area (Å²) in [5, 5.41) is 17.8. The molecule has 154 valence electrons. The number of nitrogens with zero attached hydrogens (tertiary/aromatic N) is 3. The number of hydrogen-bond acceptors (Lipinski definition) is 5. The molecule has 1 aliphatic rings. The standard InChI is InChI=1S/C21H25FN4O3/c1-12-16(13(2)24-23-12)19(27)17-18(14-8-5-6-9-15(14)22)26(21(29)20(17)28)11-7-10-25(3)4/h5-6,8-9,18,27H,7,10-11H2,1-4H3,(H,23,24)/b19-17+/t18-/m0/s1. The lowest BCUT2D eigenvalue weighted by atomic mass is 9.94. The van der Waals surface area contributed by atoms with E-state index < -0.39 is 23.5 Å². The number of halogens is 1. The van der Waals surface area contributed by atoms with Crippen LogP contribution < -0.4 is 0 Å². The number of amides is 1. The van der Waals surface area contributed by atoms with Crippen LogP contribution in [0.4, 0.5) is 4.39 Å². The molecule has 2 N–H and O–H groups in total. The molecule has 1 fully saturated rings. The highest BCUT2D eigenvalue weighted by Crippen LogP contribution is 2.41. The number of rotatable bonds is 6. The van der Waals surface area contributed by atoms with Gasteiger partial charge in [0.05, 0.1) is 22.9 Å². The van der Waals surface area contributed by atoms with Crippen molar-refractivity contribution in [2.24, 2.45) is 0 Å². The van der Waals surface area contributed by atoms with Crippen molar-refractivity contribution in [3.05, 3.63) is 58.2 Å². The Morgan fingerprint density at radius 2 is 1.97 bits per heavy atom. The van der Waals surface area contributed by atoms with Crippen molar-refractivity contribution in [1.82, 2.24) is 20.0 Å². The molecule has 0 spiro atoms. The maximum atomic E-state index is 14.7. The number of aryl methyl sites for hydroxylation is 2. The van der Waals surface area contributed by atoms with Crippen LogP contribution in [0.25, 0.3) is 5.76 Å². The first-order chi connectivity index (χ1) is 13.7. The molecule has 1 amide bonds. The van der Waals surface area contributed by atoms with Crippen molar-refractivity contribution in [2.75, 3.05) is 27.2 Å². The number of aliphatic hydroxyl groups excluding tert-OH is 1. The van der Waals surface area contributed by atoms with Gasteiger partial charge in [-0.3, -0.25) is 14.7 Å². The van der Waals surface area contributed by atoms with E-state index in [1.54, 1.807) is 26.0 Å². The molecule has 1 aromatic carbocycles.